The van der Waals surface area contributed by atoms with Gasteiger partial charge in [-0.25, -0.2) is 5.48 Å². The molecule has 1 heterocycles. The summed E-state index contributed by atoms with van der Waals surface area (Å²) in [5, 5.41) is 12.2. The van der Waals surface area contributed by atoms with Crippen molar-refractivity contribution < 1.29 is 14.8 Å². The van der Waals surface area contributed by atoms with Gasteiger partial charge in [0.15, 0.2) is 0 Å². The van der Waals surface area contributed by atoms with Crippen molar-refractivity contribution in [2.45, 2.75) is 0 Å². The number of amides is 2. The molecule has 0 bridgehead atoms. The Hall–Kier alpha value is -3.51. The highest BCUT2D eigenvalue weighted by molar-refractivity contribution is 6.08. The number of carbonyl (C=O) groups is 2. The predicted molar refractivity (Wildman–Crippen MR) is 95.1 cm³/mol. The molecule has 0 saturated heterocycles. The topological polar surface area (TPSA) is 91.3 Å². The average Bonchev–Trinajstić information content (AvgIpc) is 2.66. The summed E-state index contributed by atoms with van der Waals surface area (Å²) >= 11 is 0. The molecular formula is C19H15N3O3. The highest BCUT2D eigenvalue weighted by Crippen LogP contribution is 2.21. The molecule has 25 heavy (non-hydrogen) atoms. The lowest BCUT2D eigenvalue weighted by Crippen LogP contribution is -2.14. The SMILES string of the molecule is O=C(/C=C/c1ccc(C(=O)Nc2cccc3cccnc23)cc1)NO. The van der Waals surface area contributed by atoms with Crippen LogP contribution in [0.2, 0.25) is 0 Å². The summed E-state index contributed by atoms with van der Waals surface area (Å²) in [5.41, 5.74) is 4.10. The molecule has 2 aromatic carbocycles. The van der Waals surface area contributed by atoms with Crippen molar-refractivity contribution in [2.75, 3.05) is 5.32 Å². The van der Waals surface area contributed by atoms with Crippen molar-refractivity contribution in [3.63, 3.8) is 0 Å². The quantitative estimate of drug-likeness (QED) is 0.389. The van der Waals surface area contributed by atoms with Crippen LogP contribution < -0.4 is 10.8 Å². The summed E-state index contributed by atoms with van der Waals surface area (Å²) in [6, 6.07) is 16.1. The Labute approximate surface area is 143 Å². The van der Waals surface area contributed by atoms with Crippen LogP contribution in [0.5, 0.6) is 0 Å². The van der Waals surface area contributed by atoms with Crippen LogP contribution in [0.15, 0.2) is 66.9 Å². The van der Waals surface area contributed by atoms with Crippen molar-refractivity contribution in [3.8, 4) is 0 Å². The number of hydrogen-bond acceptors (Lipinski definition) is 4. The van der Waals surface area contributed by atoms with Gasteiger partial charge < -0.3 is 5.32 Å². The number of anilines is 1. The Balaban J connectivity index is 1.77. The molecular weight excluding hydrogens is 318 g/mol. The van der Waals surface area contributed by atoms with E-state index >= 15 is 0 Å². The van der Waals surface area contributed by atoms with E-state index in [1.165, 1.54) is 17.6 Å². The minimum atomic E-state index is -0.620. The van der Waals surface area contributed by atoms with Gasteiger partial charge in [-0.1, -0.05) is 30.3 Å². The maximum Gasteiger partial charge on any atom is 0.267 e. The van der Waals surface area contributed by atoms with E-state index in [0.717, 1.165) is 16.5 Å². The first-order valence-electron chi connectivity index (χ1n) is 7.55. The van der Waals surface area contributed by atoms with Crippen LogP contribution >= 0.6 is 0 Å². The third-order valence-electron chi connectivity index (χ3n) is 3.59. The maximum absolute atomic E-state index is 12.4. The Morgan fingerprint density at radius 3 is 2.52 bits per heavy atom. The van der Waals surface area contributed by atoms with Gasteiger partial charge in [-0.15, -0.1) is 0 Å². The van der Waals surface area contributed by atoms with Crippen LogP contribution in [0.3, 0.4) is 0 Å². The Morgan fingerprint density at radius 1 is 1.00 bits per heavy atom. The van der Waals surface area contributed by atoms with E-state index in [4.69, 9.17) is 5.21 Å². The van der Waals surface area contributed by atoms with Gasteiger partial charge in [0.2, 0.25) is 0 Å². The molecule has 3 rings (SSSR count). The molecule has 3 aromatic rings. The lowest BCUT2D eigenvalue weighted by Gasteiger charge is -2.08. The van der Waals surface area contributed by atoms with Gasteiger partial charge in [0.1, 0.15) is 0 Å². The number of rotatable bonds is 4. The standard InChI is InChI=1S/C19H15N3O3/c23-17(22-25)11-8-13-6-9-15(10-7-13)19(24)21-16-5-1-3-14-4-2-12-20-18(14)16/h1-12,25H,(H,21,24)(H,22,23)/b11-8+. The fraction of sp³-hybridized carbons (Fsp3) is 0. The number of nitrogens with one attached hydrogen (secondary N) is 2. The fourth-order valence-corrected chi connectivity index (χ4v) is 2.35. The molecule has 0 aliphatic rings. The molecule has 3 N–H and O–H groups in total. The van der Waals surface area contributed by atoms with Gasteiger partial charge in [-0.05, 0) is 35.9 Å². The molecule has 124 valence electrons. The van der Waals surface area contributed by atoms with E-state index in [1.54, 1.807) is 36.5 Å². The fourth-order valence-electron chi connectivity index (χ4n) is 2.35. The molecule has 0 saturated carbocycles. The first-order valence-corrected chi connectivity index (χ1v) is 7.55. The van der Waals surface area contributed by atoms with E-state index in [9.17, 15) is 9.59 Å². The molecule has 2 amide bonds. The first kappa shape index (κ1) is 16.4. The van der Waals surface area contributed by atoms with Crippen LogP contribution in [0.1, 0.15) is 15.9 Å². The zero-order chi connectivity index (χ0) is 17.6. The van der Waals surface area contributed by atoms with Gasteiger partial charge >= 0.3 is 0 Å². The second-order valence-corrected chi connectivity index (χ2v) is 5.27. The number of pyridine rings is 1. The predicted octanol–water partition coefficient (Wildman–Crippen LogP) is 3.01. The smallest absolute Gasteiger partial charge is 0.267 e. The van der Waals surface area contributed by atoms with Gasteiger partial charge in [0.05, 0.1) is 11.2 Å². The van der Waals surface area contributed by atoms with Gasteiger partial charge in [-0.3, -0.25) is 19.8 Å². The summed E-state index contributed by atoms with van der Waals surface area (Å²) in [6.07, 6.45) is 4.40. The van der Waals surface area contributed by atoms with Crippen LogP contribution in [-0.2, 0) is 4.79 Å². The van der Waals surface area contributed by atoms with Crippen LogP contribution in [0, 0.1) is 0 Å². The van der Waals surface area contributed by atoms with E-state index < -0.39 is 5.91 Å². The highest BCUT2D eigenvalue weighted by atomic mass is 16.5. The number of para-hydroxylation sites is 1. The molecule has 0 radical (unpaired) electrons. The first-order chi connectivity index (χ1) is 12.2. The minimum absolute atomic E-state index is 0.248. The molecule has 6 heteroatoms. The monoisotopic (exact) mass is 333 g/mol. The summed E-state index contributed by atoms with van der Waals surface area (Å²) < 4.78 is 0. The summed E-state index contributed by atoms with van der Waals surface area (Å²) in [7, 11) is 0. The van der Waals surface area contributed by atoms with Crippen LogP contribution in [-0.4, -0.2) is 22.0 Å². The van der Waals surface area contributed by atoms with Gasteiger partial charge in [0, 0.05) is 23.2 Å². The maximum atomic E-state index is 12.4. The number of hydroxylamine groups is 1. The number of aromatic nitrogens is 1. The average molecular weight is 333 g/mol. The largest absolute Gasteiger partial charge is 0.320 e. The number of nitrogens with zero attached hydrogens (tertiary/aromatic N) is 1. The lowest BCUT2D eigenvalue weighted by molar-refractivity contribution is -0.124. The van der Waals surface area contributed by atoms with E-state index in [-0.39, 0.29) is 5.91 Å². The number of hydrogen-bond donors (Lipinski definition) is 3. The van der Waals surface area contributed by atoms with Gasteiger partial charge in [0.25, 0.3) is 11.8 Å². The second-order valence-electron chi connectivity index (χ2n) is 5.27. The van der Waals surface area contributed by atoms with Crippen molar-refractivity contribution in [1.29, 1.82) is 0 Å². The van der Waals surface area contributed by atoms with Crippen molar-refractivity contribution in [2.24, 2.45) is 0 Å². The van der Waals surface area contributed by atoms with Crippen LogP contribution in [0.4, 0.5) is 5.69 Å². The molecule has 0 unspecified atom stereocenters. The van der Waals surface area contributed by atoms with Crippen molar-refractivity contribution in [3.05, 3.63) is 78.0 Å². The minimum Gasteiger partial charge on any atom is -0.320 e. The van der Waals surface area contributed by atoms with Crippen molar-refractivity contribution >= 4 is 34.5 Å². The molecule has 0 aliphatic carbocycles. The summed E-state index contributed by atoms with van der Waals surface area (Å²) in [4.78, 5) is 27.7. The number of carbonyl (C=O) groups excluding carboxylic acids is 2. The van der Waals surface area contributed by atoms with Gasteiger partial charge in [-0.2, -0.15) is 0 Å². The van der Waals surface area contributed by atoms with E-state index in [2.05, 4.69) is 10.3 Å². The third kappa shape index (κ3) is 3.88. The zero-order valence-electron chi connectivity index (χ0n) is 13.1. The van der Waals surface area contributed by atoms with Crippen molar-refractivity contribution in [1.82, 2.24) is 10.5 Å². The summed E-state index contributed by atoms with van der Waals surface area (Å²) in [6.45, 7) is 0. The second kappa shape index (κ2) is 7.37. The molecule has 0 aliphatic heterocycles. The number of benzene rings is 2. The molecule has 6 nitrogen and oxygen atoms in total. The Bertz CT molecular complexity index is 944. The molecule has 0 fully saturated rings. The normalized spacial score (nSPS) is 10.8. The highest BCUT2D eigenvalue weighted by Gasteiger charge is 2.08. The third-order valence-corrected chi connectivity index (χ3v) is 3.59. The molecule has 0 spiro atoms. The Morgan fingerprint density at radius 2 is 1.76 bits per heavy atom. The zero-order valence-corrected chi connectivity index (χ0v) is 13.1. The molecule has 0 atom stereocenters. The van der Waals surface area contributed by atoms with Crippen LogP contribution in [0.25, 0.3) is 17.0 Å². The van der Waals surface area contributed by atoms with E-state index in [0.29, 0.717) is 11.3 Å². The summed E-state index contributed by atoms with van der Waals surface area (Å²) in [5.74, 6) is -0.868. The Kier molecular flexibility index (Phi) is 4.82. The molecule has 1 aromatic heterocycles. The van der Waals surface area contributed by atoms with E-state index in [1.807, 2.05) is 24.3 Å². The lowest BCUT2D eigenvalue weighted by atomic mass is 10.1. The number of fused-ring (bicyclic) bond motifs is 1.